The first-order valence-corrected chi connectivity index (χ1v) is 8.42. The van der Waals surface area contributed by atoms with Crippen LogP contribution >= 0.6 is 24.0 Å². The maximum atomic E-state index is 13.2. The average Bonchev–Trinajstić information content (AvgIpc) is 2.54. The normalized spacial score (nSPS) is 22.4. The zero-order chi connectivity index (χ0) is 16.6. The Balaban J connectivity index is 1.96. The van der Waals surface area contributed by atoms with E-state index in [1.54, 1.807) is 36.0 Å². The highest BCUT2D eigenvalue weighted by Crippen LogP contribution is 2.44. The Labute approximate surface area is 144 Å². The number of hydrogen-bond donors (Lipinski definition) is 0. The third-order valence-corrected chi connectivity index (χ3v) is 5.84. The van der Waals surface area contributed by atoms with Crippen molar-refractivity contribution in [2.24, 2.45) is 0 Å². The predicted molar refractivity (Wildman–Crippen MR) is 94.0 cm³/mol. The van der Waals surface area contributed by atoms with Gasteiger partial charge in [0, 0.05) is 7.05 Å². The Morgan fingerprint density at radius 1 is 0.870 bits per heavy atom. The van der Waals surface area contributed by atoms with Crippen LogP contribution in [-0.4, -0.2) is 28.2 Å². The standard InChI is InChI=1S/C17H16F2N2S2/c1-20-15(11-3-7-13(18)8-4-11)21(2)17(22)23-16(20)12-5-9-14(19)10-6-12/h3-10,15-16H,1-2H3. The van der Waals surface area contributed by atoms with E-state index in [4.69, 9.17) is 12.2 Å². The van der Waals surface area contributed by atoms with E-state index in [-0.39, 0.29) is 23.2 Å². The Hall–Kier alpha value is -1.50. The first-order chi connectivity index (χ1) is 11.0. The highest BCUT2D eigenvalue weighted by molar-refractivity contribution is 8.23. The van der Waals surface area contributed by atoms with Crippen LogP contribution in [0.25, 0.3) is 0 Å². The lowest BCUT2D eigenvalue weighted by Gasteiger charge is -2.46. The Bertz CT molecular complexity index is 704. The van der Waals surface area contributed by atoms with Crippen LogP contribution in [0.15, 0.2) is 48.5 Å². The van der Waals surface area contributed by atoms with Crippen LogP contribution in [0.1, 0.15) is 22.7 Å². The van der Waals surface area contributed by atoms with E-state index in [0.29, 0.717) is 0 Å². The molecule has 0 N–H and O–H groups in total. The van der Waals surface area contributed by atoms with Crippen LogP contribution in [0, 0.1) is 11.6 Å². The molecule has 2 aromatic carbocycles. The third-order valence-electron chi connectivity index (χ3n) is 3.95. The largest absolute Gasteiger partial charge is 0.341 e. The Kier molecular flexibility index (Phi) is 4.66. The second kappa shape index (κ2) is 6.55. The van der Waals surface area contributed by atoms with Crippen molar-refractivity contribution in [1.82, 2.24) is 9.80 Å². The molecule has 6 heteroatoms. The molecule has 0 saturated carbocycles. The van der Waals surface area contributed by atoms with Crippen molar-refractivity contribution in [3.8, 4) is 0 Å². The molecular formula is C17H16F2N2S2. The van der Waals surface area contributed by atoms with Crippen molar-refractivity contribution >= 4 is 28.3 Å². The lowest BCUT2D eigenvalue weighted by Crippen LogP contribution is -2.45. The van der Waals surface area contributed by atoms with E-state index >= 15 is 0 Å². The van der Waals surface area contributed by atoms with Crippen molar-refractivity contribution in [3.05, 3.63) is 71.3 Å². The van der Waals surface area contributed by atoms with Crippen molar-refractivity contribution in [1.29, 1.82) is 0 Å². The van der Waals surface area contributed by atoms with Crippen LogP contribution in [0.5, 0.6) is 0 Å². The minimum Gasteiger partial charge on any atom is -0.341 e. The molecule has 1 fully saturated rings. The second-order valence-electron chi connectivity index (χ2n) is 5.49. The van der Waals surface area contributed by atoms with Gasteiger partial charge in [0.2, 0.25) is 0 Å². The number of halogens is 2. The van der Waals surface area contributed by atoms with E-state index in [9.17, 15) is 8.78 Å². The summed E-state index contributed by atoms with van der Waals surface area (Å²) in [7, 11) is 3.92. The maximum absolute atomic E-state index is 13.2. The molecular weight excluding hydrogens is 334 g/mol. The number of hydrogen-bond acceptors (Lipinski definition) is 3. The van der Waals surface area contributed by atoms with E-state index in [1.807, 2.05) is 19.0 Å². The zero-order valence-electron chi connectivity index (χ0n) is 12.7. The van der Waals surface area contributed by atoms with Crippen LogP contribution in [0.4, 0.5) is 8.78 Å². The van der Waals surface area contributed by atoms with E-state index < -0.39 is 0 Å². The van der Waals surface area contributed by atoms with Crippen LogP contribution in [0.2, 0.25) is 0 Å². The molecule has 1 aliphatic heterocycles. The highest BCUT2D eigenvalue weighted by atomic mass is 32.2. The van der Waals surface area contributed by atoms with E-state index in [1.165, 1.54) is 24.3 Å². The summed E-state index contributed by atoms with van der Waals surface area (Å²) in [5, 5.41) is -0.0191. The topological polar surface area (TPSA) is 6.48 Å². The third kappa shape index (κ3) is 3.24. The van der Waals surface area contributed by atoms with Gasteiger partial charge >= 0.3 is 0 Å². The summed E-state index contributed by atoms with van der Waals surface area (Å²) < 4.78 is 27.1. The SMILES string of the molecule is CN1C(=S)SC(c2ccc(F)cc2)N(C)C1c1ccc(F)cc1. The minimum atomic E-state index is -0.262. The van der Waals surface area contributed by atoms with Gasteiger partial charge in [-0.1, -0.05) is 48.2 Å². The summed E-state index contributed by atoms with van der Waals surface area (Å²) in [6.45, 7) is 0. The van der Waals surface area contributed by atoms with Gasteiger partial charge in [0.1, 0.15) is 22.1 Å². The first-order valence-electron chi connectivity index (χ1n) is 7.13. The van der Waals surface area contributed by atoms with Gasteiger partial charge < -0.3 is 4.90 Å². The molecule has 1 saturated heterocycles. The molecule has 0 amide bonds. The number of thiocarbonyl (C=S) groups is 1. The molecule has 3 rings (SSSR count). The fourth-order valence-electron chi connectivity index (χ4n) is 2.79. The molecule has 0 radical (unpaired) electrons. The minimum absolute atomic E-state index is 0.0191. The summed E-state index contributed by atoms with van der Waals surface area (Å²) >= 11 is 7.05. The Morgan fingerprint density at radius 3 is 1.87 bits per heavy atom. The van der Waals surface area contributed by atoms with Gasteiger partial charge in [0.25, 0.3) is 0 Å². The molecule has 2 aromatic rings. The maximum Gasteiger partial charge on any atom is 0.139 e. The monoisotopic (exact) mass is 350 g/mol. The molecule has 1 aliphatic rings. The summed E-state index contributed by atoms with van der Waals surface area (Å²) in [5.74, 6) is -0.520. The zero-order valence-corrected chi connectivity index (χ0v) is 14.4. The molecule has 2 unspecified atom stereocenters. The average molecular weight is 350 g/mol. The van der Waals surface area contributed by atoms with Crippen molar-refractivity contribution in [3.63, 3.8) is 0 Å². The molecule has 0 aromatic heterocycles. The molecule has 0 bridgehead atoms. The van der Waals surface area contributed by atoms with Gasteiger partial charge in [-0.25, -0.2) is 8.78 Å². The summed E-state index contributed by atoms with van der Waals surface area (Å²) in [6, 6.07) is 12.9. The summed E-state index contributed by atoms with van der Waals surface area (Å²) in [4.78, 5) is 4.15. The number of benzene rings is 2. The predicted octanol–water partition coefficient (Wildman–Crippen LogP) is 4.56. The van der Waals surface area contributed by atoms with Gasteiger partial charge in [-0.3, -0.25) is 4.90 Å². The molecule has 2 nitrogen and oxygen atoms in total. The van der Waals surface area contributed by atoms with Gasteiger partial charge in [-0.05, 0) is 42.4 Å². The second-order valence-corrected chi connectivity index (χ2v) is 7.20. The van der Waals surface area contributed by atoms with Crippen LogP contribution < -0.4 is 0 Å². The van der Waals surface area contributed by atoms with Crippen molar-refractivity contribution in [2.45, 2.75) is 11.5 Å². The summed E-state index contributed by atoms with van der Waals surface area (Å²) in [5.41, 5.74) is 1.95. The van der Waals surface area contributed by atoms with Crippen LogP contribution in [0.3, 0.4) is 0 Å². The lowest BCUT2D eigenvalue weighted by molar-refractivity contribution is 0.122. The number of rotatable bonds is 2. The first kappa shape index (κ1) is 16.4. The number of thioether (sulfide) groups is 1. The highest BCUT2D eigenvalue weighted by Gasteiger charge is 2.36. The van der Waals surface area contributed by atoms with E-state index in [2.05, 4.69) is 4.90 Å². The fourth-order valence-corrected chi connectivity index (χ4v) is 4.19. The lowest BCUT2D eigenvalue weighted by atomic mass is 10.1. The van der Waals surface area contributed by atoms with Crippen LogP contribution in [-0.2, 0) is 0 Å². The van der Waals surface area contributed by atoms with Gasteiger partial charge in [0.05, 0.1) is 5.37 Å². The van der Waals surface area contributed by atoms with Crippen molar-refractivity contribution in [2.75, 3.05) is 14.1 Å². The molecule has 1 heterocycles. The van der Waals surface area contributed by atoms with Gasteiger partial charge in [0.15, 0.2) is 0 Å². The van der Waals surface area contributed by atoms with Gasteiger partial charge in [-0.15, -0.1) is 0 Å². The quantitative estimate of drug-likeness (QED) is 0.732. The Morgan fingerprint density at radius 2 is 1.35 bits per heavy atom. The van der Waals surface area contributed by atoms with Gasteiger partial charge in [-0.2, -0.15) is 0 Å². The molecule has 120 valence electrons. The molecule has 23 heavy (non-hydrogen) atoms. The van der Waals surface area contributed by atoms with Crippen molar-refractivity contribution < 1.29 is 8.78 Å². The molecule has 2 atom stereocenters. The number of nitrogens with zero attached hydrogens (tertiary/aromatic N) is 2. The smallest absolute Gasteiger partial charge is 0.139 e. The molecule has 0 aliphatic carbocycles. The summed E-state index contributed by atoms with van der Waals surface area (Å²) in [6.07, 6.45) is -0.0978. The fraction of sp³-hybridized carbons (Fsp3) is 0.235. The van der Waals surface area contributed by atoms with E-state index in [0.717, 1.165) is 15.4 Å². The molecule has 0 spiro atoms.